The maximum Gasteiger partial charge on any atom is 0.242 e. The molecule has 5 heteroatoms. The number of nitrogens with zero attached hydrogens (tertiary/aromatic N) is 2. The lowest BCUT2D eigenvalue weighted by Gasteiger charge is -2.33. The van der Waals surface area contributed by atoms with Gasteiger partial charge in [0.15, 0.2) is 0 Å². The predicted molar refractivity (Wildman–Crippen MR) is 73.6 cm³/mol. The molecule has 5 nitrogen and oxygen atoms in total. The fourth-order valence-corrected chi connectivity index (χ4v) is 2.98. The van der Waals surface area contributed by atoms with Crippen molar-refractivity contribution < 1.29 is 9.59 Å². The molecular weight excluding hydrogens is 242 g/mol. The number of rotatable bonds is 3. The summed E-state index contributed by atoms with van der Waals surface area (Å²) in [7, 11) is 1.80. The summed E-state index contributed by atoms with van der Waals surface area (Å²) in [5, 5.41) is 3.33. The molecule has 2 saturated heterocycles. The Labute approximate surface area is 115 Å². The van der Waals surface area contributed by atoms with E-state index in [2.05, 4.69) is 5.32 Å². The monoisotopic (exact) mass is 267 g/mol. The molecule has 0 radical (unpaired) electrons. The third-order valence-corrected chi connectivity index (χ3v) is 4.56. The quantitative estimate of drug-likeness (QED) is 0.808. The molecule has 0 aromatic rings. The highest BCUT2D eigenvalue weighted by Crippen LogP contribution is 2.39. The van der Waals surface area contributed by atoms with E-state index in [4.69, 9.17) is 0 Å². The minimum atomic E-state index is 0.0364. The van der Waals surface area contributed by atoms with Gasteiger partial charge in [-0.1, -0.05) is 0 Å². The van der Waals surface area contributed by atoms with Gasteiger partial charge in [-0.3, -0.25) is 9.59 Å². The molecule has 0 unspecified atom stereocenters. The number of hydrogen-bond donors (Lipinski definition) is 1. The molecule has 2 heterocycles. The van der Waals surface area contributed by atoms with Crippen LogP contribution in [0, 0.1) is 5.41 Å². The van der Waals surface area contributed by atoms with E-state index in [0.717, 1.165) is 32.5 Å². The summed E-state index contributed by atoms with van der Waals surface area (Å²) in [4.78, 5) is 27.7. The number of hydrogen-bond acceptors (Lipinski definition) is 3. The molecule has 2 aliphatic heterocycles. The molecule has 0 atom stereocenters. The Hall–Kier alpha value is -1.10. The Morgan fingerprint density at radius 3 is 2.63 bits per heavy atom. The van der Waals surface area contributed by atoms with Gasteiger partial charge in [0, 0.05) is 26.1 Å². The van der Waals surface area contributed by atoms with E-state index in [0.29, 0.717) is 6.42 Å². The zero-order valence-corrected chi connectivity index (χ0v) is 12.2. The summed E-state index contributed by atoms with van der Waals surface area (Å²) < 4.78 is 0. The molecule has 108 valence electrons. The van der Waals surface area contributed by atoms with E-state index < -0.39 is 0 Å². The molecule has 2 rings (SSSR count). The van der Waals surface area contributed by atoms with Gasteiger partial charge in [-0.15, -0.1) is 0 Å². The van der Waals surface area contributed by atoms with Crippen molar-refractivity contribution in [2.45, 2.75) is 39.2 Å². The van der Waals surface area contributed by atoms with Crippen LogP contribution in [0.25, 0.3) is 0 Å². The number of likely N-dealkylation sites (tertiary alicyclic amines) is 1. The van der Waals surface area contributed by atoms with Gasteiger partial charge < -0.3 is 15.1 Å². The fraction of sp³-hybridized carbons (Fsp3) is 0.857. The summed E-state index contributed by atoms with van der Waals surface area (Å²) in [5.74, 6) is 0.182. The normalized spacial score (nSPS) is 22.3. The molecule has 0 aromatic heterocycles. The van der Waals surface area contributed by atoms with Crippen LogP contribution >= 0.6 is 0 Å². The lowest BCUT2D eigenvalue weighted by Crippen LogP contribution is -2.43. The topological polar surface area (TPSA) is 52.7 Å². The number of carbonyl (C=O) groups excluding carboxylic acids is 2. The van der Waals surface area contributed by atoms with E-state index in [1.54, 1.807) is 16.8 Å². The first-order valence-corrected chi connectivity index (χ1v) is 7.18. The van der Waals surface area contributed by atoms with Gasteiger partial charge in [-0.05, 0) is 45.2 Å². The second-order valence-electron chi connectivity index (χ2n) is 6.27. The summed E-state index contributed by atoms with van der Waals surface area (Å²) in [5.41, 5.74) is 0.124. The van der Waals surface area contributed by atoms with Gasteiger partial charge in [0.25, 0.3) is 0 Å². The fourth-order valence-electron chi connectivity index (χ4n) is 2.98. The van der Waals surface area contributed by atoms with Crippen molar-refractivity contribution in [1.82, 2.24) is 15.1 Å². The van der Waals surface area contributed by atoms with Crippen molar-refractivity contribution in [3.63, 3.8) is 0 Å². The Balaban J connectivity index is 1.95. The van der Waals surface area contributed by atoms with E-state index in [1.807, 2.05) is 13.8 Å². The summed E-state index contributed by atoms with van der Waals surface area (Å²) >= 11 is 0. The second kappa shape index (κ2) is 5.49. The maximum atomic E-state index is 12.1. The molecule has 1 spiro atoms. The van der Waals surface area contributed by atoms with Gasteiger partial charge in [0.1, 0.15) is 0 Å². The molecule has 2 aliphatic rings. The number of carbonyl (C=O) groups is 2. The highest BCUT2D eigenvalue weighted by molar-refractivity contribution is 5.86. The molecule has 0 aromatic carbocycles. The third kappa shape index (κ3) is 3.08. The Morgan fingerprint density at radius 1 is 1.42 bits per heavy atom. The van der Waals surface area contributed by atoms with Crippen molar-refractivity contribution in [3.8, 4) is 0 Å². The van der Waals surface area contributed by atoms with Gasteiger partial charge in [-0.25, -0.2) is 0 Å². The molecule has 19 heavy (non-hydrogen) atoms. The van der Waals surface area contributed by atoms with Crippen LogP contribution in [0.1, 0.15) is 33.1 Å². The first-order valence-electron chi connectivity index (χ1n) is 7.18. The van der Waals surface area contributed by atoms with Crippen molar-refractivity contribution in [2.75, 3.05) is 33.2 Å². The molecule has 0 aliphatic carbocycles. The smallest absolute Gasteiger partial charge is 0.242 e. The lowest BCUT2D eigenvalue weighted by molar-refractivity contribution is -0.138. The van der Waals surface area contributed by atoms with E-state index in [9.17, 15) is 9.59 Å². The van der Waals surface area contributed by atoms with E-state index in [-0.39, 0.29) is 29.8 Å². The molecule has 0 bridgehead atoms. The summed E-state index contributed by atoms with van der Waals surface area (Å²) in [6, 6.07) is 0.179. The van der Waals surface area contributed by atoms with Gasteiger partial charge in [0.2, 0.25) is 11.8 Å². The minimum Gasteiger partial charge on any atom is -0.342 e. The van der Waals surface area contributed by atoms with Gasteiger partial charge >= 0.3 is 0 Å². The molecule has 2 fully saturated rings. The van der Waals surface area contributed by atoms with Crippen LogP contribution in [0.15, 0.2) is 0 Å². The zero-order chi connectivity index (χ0) is 14.0. The molecular formula is C14H25N3O2. The first-order chi connectivity index (χ1) is 8.93. The first kappa shape index (κ1) is 14.3. The van der Waals surface area contributed by atoms with Crippen LogP contribution in [-0.2, 0) is 9.59 Å². The van der Waals surface area contributed by atoms with Crippen molar-refractivity contribution in [1.29, 1.82) is 0 Å². The maximum absolute atomic E-state index is 12.1. The van der Waals surface area contributed by atoms with Gasteiger partial charge in [-0.2, -0.15) is 0 Å². The number of nitrogens with one attached hydrogen (secondary N) is 1. The summed E-state index contributed by atoms with van der Waals surface area (Å²) in [6.07, 6.45) is 2.71. The van der Waals surface area contributed by atoms with Crippen LogP contribution in [0.5, 0.6) is 0 Å². The van der Waals surface area contributed by atoms with Crippen molar-refractivity contribution in [3.05, 3.63) is 0 Å². The standard InChI is InChI=1S/C14H25N3O2/c1-11(2)16(3)13(19)9-17-10-14(8-12(17)18)4-6-15-7-5-14/h11,15H,4-10H2,1-3H3. The summed E-state index contributed by atoms with van der Waals surface area (Å²) in [6.45, 7) is 6.94. The molecule has 2 amide bonds. The van der Waals surface area contributed by atoms with Crippen LogP contribution in [0.3, 0.4) is 0 Å². The number of amides is 2. The molecule has 1 N–H and O–H groups in total. The SMILES string of the molecule is CC(C)N(C)C(=O)CN1CC2(CCNCC2)CC1=O. The van der Waals surface area contributed by atoms with Crippen LogP contribution in [-0.4, -0.2) is 60.9 Å². The predicted octanol–water partition coefficient (Wildman–Crippen LogP) is 0.455. The Kier molecular flexibility index (Phi) is 4.13. The number of piperidine rings is 1. The highest BCUT2D eigenvalue weighted by Gasteiger charge is 2.44. The third-order valence-electron chi connectivity index (χ3n) is 4.56. The van der Waals surface area contributed by atoms with E-state index in [1.165, 1.54) is 0 Å². The Bertz CT molecular complexity index is 362. The Morgan fingerprint density at radius 2 is 2.05 bits per heavy atom. The average molecular weight is 267 g/mol. The number of likely N-dealkylation sites (N-methyl/N-ethyl adjacent to an activating group) is 1. The van der Waals surface area contributed by atoms with Crippen LogP contribution < -0.4 is 5.32 Å². The average Bonchev–Trinajstić information content (AvgIpc) is 2.65. The van der Waals surface area contributed by atoms with Crippen LogP contribution in [0.4, 0.5) is 0 Å². The largest absolute Gasteiger partial charge is 0.342 e. The lowest BCUT2D eigenvalue weighted by atomic mass is 9.78. The second-order valence-corrected chi connectivity index (χ2v) is 6.27. The van der Waals surface area contributed by atoms with Crippen LogP contribution in [0.2, 0.25) is 0 Å². The van der Waals surface area contributed by atoms with Crippen molar-refractivity contribution >= 4 is 11.8 Å². The van der Waals surface area contributed by atoms with E-state index >= 15 is 0 Å². The van der Waals surface area contributed by atoms with Gasteiger partial charge in [0.05, 0.1) is 6.54 Å². The molecule has 0 saturated carbocycles. The minimum absolute atomic E-state index is 0.0364. The van der Waals surface area contributed by atoms with Crippen molar-refractivity contribution in [2.24, 2.45) is 5.41 Å². The zero-order valence-electron chi connectivity index (χ0n) is 12.2. The highest BCUT2D eigenvalue weighted by atomic mass is 16.2.